The molecular weight excluding hydrogens is 380 g/mol. The van der Waals surface area contributed by atoms with Crippen molar-refractivity contribution in [3.63, 3.8) is 0 Å². The third kappa shape index (κ3) is 4.27. The molecule has 0 spiro atoms. The van der Waals surface area contributed by atoms with Gasteiger partial charge in [-0.2, -0.15) is 0 Å². The third-order valence-corrected chi connectivity index (χ3v) is 4.83. The number of methoxy groups -OCH3 is 2. The molecule has 0 bridgehead atoms. The Bertz CT molecular complexity index is 1170. The van der Waals surface area contributed by atoms with Crippen LogP contribution < -0.4 is 14.8 Å². The summed E-state index contributed by atoms with van der Waals surface area (Å²) in [5.41, 5.74) is 3.82. The lowest BCUT2D eigenvalue weighted by molar-refractivity contribution is 0.0950. The number of ether oxygens (including phenoxy) is 2. The van der Waals surface area contributed by atoms with Crippen LogP contribution in [0.15, 0.2) is 71.1 Å². The molecule has 0 aliphatic rings. The largest absolute Gasteiger partial charge is 0.497 e. The summed E-state index contributed by atoms with van der Waals surface area (Å²) < 4.78 is 16.4. The zero-order chi connectivity index (χ0) is 20.9. The van der Waals surface area contributed by atoms with Crippen molar-refractivity contribution in [3.8, 4) is 11.5 Å². The maximum atomic E-state index is 12.6. The van der Waals surface area contributed by atoms with E-state index in [1.807, 2.05) is 42.5 Å². The second-order valence-corrected chi connectivity index (χ2v) is 6.81. The molecule has 0 aliphatic carbocycles. The first-order valence-corrected chi connectivity index (χ1v) is 9.59. The van der Waals surface area contributed by atoms with Gasteiger partial charge < -0.3 is 19.2 Å². The number of amides is 1. The summed E-state index contributed by atoms with van der Waals surface area (Å²) in [5.74, 6) is 1.78. The van der Waals surface area contributed by atoms with Crippen molar-refractivity contribution in [3.05, 3.63) is 89.3 Å². The van der Waals surface area contributed by atoms with Crippen LogP contribution in [0.5, 0.6) is 11.5 Å². The van der Waals surface area contributed by atoms with Crippen molar-refractivity contribution in [2.24, 2.45) is 0 Å². The molecule has 0 radical (unpaired) electrons. The number of fused-ring (bicyclic) bond motifs is 1. The van der Waals surface area contributed by atoms with Crippen LogP contribution in [0, 0.1) is 0 Å². The van der Waals surface area contributed by atoms with E-state index in [1.165, 1.54) is 0 Å². The number of hydrogen-bond acceptors (Lipinski definition) is 5. The van der Waals surface area contributed by atoms with Crippen molar-refractivity contribution in [1.82, 2.24) is 10.3 Å². The van der Waals surface area contributed by atoms with Gasteiger partial charge in [-0.05, 0) is 35.9 Å². The Kier molecular flexibility index (Phi) is 5.66. The first kappa shape index (κ1) is 19.5. The zero-order valence-electron chi connectivity index (χ0n) is 16.8. The van der Waals surface area contributed by atoms with E-state index in [-0.39, 0.29) is 5.91 Å². The molecule has 6 nitrogen and oxygen atoms in total. The van der Waals surface area contributed by atoms with Gasteiger partial charge in [-0.15, -0.1) is 0 Å². The molecule has 4 rings (SSSR count). The minimum Gasteiger partial charge on any atom is -0.497 e. The molecule has 0 fully saturated rings. The molecule has 152 valence electrons. The van der Waals surface area contributed by atoms with Gasteiger partial charge in [-0.3, -0.25) is 4.79 Å². The van der Waals surface area contributed by atoms with Crippen molar-refractivity contribution in [2.45, 2.75) is 13.0 Å². The molecule has 0 unspecified atom stereocenters. The Morgan fingerprint density at radius 2 is 1.83 bits per heavy atom. The van der Waals surface area contributed by atoms with E-state index in [1.54, 1.807) is 38.5 Å². The fourth-order valence-electron chi connectivity index (χ4n) is 3.24. The number of nitrogens with one attached hydrogen (secondary N) is 1. The predicted molar refractivity (Wildman–Crippen MR) is 114 cm³/mol. The van der Waals surface area contributed by atoms with Gasteiger partial charge in [-0.1, -0.05) is 30.3 Å². The van der Waals surface area contributed by atoms with E-state index < -0.39 is 0 Å². The first-order chi connectivity index (χ1) is 14.7. The molecule has 1 N–H and O–H groups in total. The Labute approximate surface area is 174 Å². The maximum absolute atomic E-state index is 12.6. The number of hydrogen-bond donors (Lipinski definition) is 1. The van der Waals surface area contributed by atoms with E-state index in [0.717, 1.165) is 16.6 Å². The van der Waals surface area contributed by atoms with Gasteiger partial charge in [0.1, 0.15) is 17.0 Å². The fourth-order valence-corrected chi connectivity index (χ4v) is 3.24. The molecule has 0 aliphatic heterocycles. The lowest BCUT2D eigenvalue weighted by Gasteiger charge is -2.11. The summed E-state index contributed by atoms with van der Waals surface area (Å²) in [6.45, 7) is 0.333. The van der Waals surface area contributed by atoms with Crippen LogP contribution in [0.1, 0.15) is 27.4 Å². The van der Waals surface area contributed by atoms with Crippen molar-refractivity contribution < 1.29 is 18.7 Å². The Balaban J connectivity index is 1.47. The minimum absolute atomic E-state index is 0.198. The molecule has 1 aromatic heterocycles. The Morgan fingerprint density at radius 3 is 2.60 bits per heavy atom. The number of nitrogens with zero attached hydrogens (tertiary/aromatic N) is 1. The van der Waals surface area contributed by atoms with Crippen LogP contribution in [0.3, 0.4) is 0 Å². The van der Waals surface area contributed by atoms with Gasteiger partial charge in [-0.25, -0.2) is 4.98 Å². The average molecular weight is 402 g/mol. The minimum atomic E-state index is -0.198. The number of aromatic nitrogens is 1. The quantitative estimate of drug-likeness (QED) is 0.497. The van der Waals surface area contributed by atoms with Gasteiger partial charge in [0, 0.05) is 30.2 Å². The van der Waals surface area contributed by atoms with E-state index >= 15 is 0 Å². The molecule has 0 saturated heterocycles. The highest BCUT2D eigenvalue weighted by molar-refractivity contribution is 5.97. The summed E-state index contributed by atoms with van der Waals surface area (Å²) in [5, 5.41) is 2.92. The second-order valence-electron chi connectivity index (χ2n) is 6.81. The SMILES string of the molecule is COc1ccc(CNC(=O)c2ccc3nc(Cc4ccccc4)oc3c2)c(OC)c1. The zero-order valence-corrected chi connectivity index (χ0v) is 16.8. The van der Waals surface area contributed by atoms with E-state index in [4.69, 9.17) is 13.9 Å². The fraction of sp³-hybridized carbons (Fsp3) is 0.167. The van der Waals surface area contributed by atoms with Gasteiger partial charge >= 0.3 is 0 Å². The van der Waals surface area contributed by atoms with Crippen molar-refractivity contribution >= 4 is 17.0 Å². The van der Waals surface area contributed by atoms with Crippen molar-refractivity contribution in [1.29, 1.82) is 0 Å². The molecule has 3 aromatic carbocycles. The van der Waals surface area contributed by atoms with Crippen LogP contribution in [0.4, 0.5) is 0 Å². The molecular formula is C24H22N2O4. The van der Waals surface area contributed by atoms with Crippen LogP contribution in [-0.2, 0) is 13.0 Å². The maximum Gasteiger partial charge on any atom is 0.251 e. The van der Waals surface area contributed by atoms with Gasteiger partial charge in [0.15, 0.2) is 11.5 Å². The monoisotopic (exact) mass is 402 g/mol. The summed E-state index contributed by atoms with van der Waals surface area (Å²) >= 11 is 0. The molecule has 0 saturated carbocycles. The van der Waals surface area contributed by atoms with Gasteiger partial charge in [0.2, 0.25) is 0 Å². The molecule has 0 atom stereocenters. The Hall–Kier alpha value is -3.80. The summed E-state index contributed by atoms with van der Waals surface area (Å²) in [6, 6.07) is 20.8. The average Bonchev–Trinajstić information content (AvgIpc) is 3.19. The molecule has 4 aromatic rings. The van der Waals surface area contributed by atoms with E-state index in [9.17, 15) is 4.79 Å². The number of rotatable bonds is 7. The number of carbonyl (C=O) groups excluding carboxylic acids is 1. The van der Waals surface area contributed by atoms with Crippen LogP contribution in [0.2, 0.25) is 0 Å². The molecule has 1 amide bonds. The number of benzene rings is 3. The Morgan fingerprint density at radius 1 is 1.00 bits per heavy atom. The molecule has 1 heterocycles. The summed E-state index contributed by atoms with van der Waals surface area (Å²) in [4.78, 5) is 17.2. The standard InChI is InChI=1S/C24H22N2O4/c1-28-19-10-8-18(21(14-19)29-2)15-25-24(27)17-9-11-20-22(13-17)30-23(26-20)12-16-6-4-3-5-7-16/h3-11,13-14H,12,15H2,1-2H3,(H,25,27). The third-order valence-electron chi connectivity index (χ3n) is 4.83. The van der Waals surface area contributed by atoms with Crippen LogP contribution in [0.25, 0.3) is 11.1 Å². The van der Waals surface area contributed by atoms with Gasteiger partial charge in [0.25, 0.3) is 5.91 Å². The normalized spacial score (nSPS) is 10.7. The number of carbonyl (C=O) groups is 1. The van der Waals surface area contributed by atoms with Gasteiger partial charge in [0.05, 0.1) is 14.2 Å². The highest BCUT2D eigenvalue weighted by Crippen LogP contribution is 2.25. The van der Waals surface area contributed by atoms with Crippen molar-refractivity contribution in [2.75, 3.05) is 14.2 Å². The molecule has 6 heteroatoms. The highest BCUT2D eigenvalue weighted by Gasteiger charge is 2.12. The summed E-state index contributed by atoms with van der Waals surface area (Å²) in [6.07, 6.45) is 0.605. The predicted octanol–water partition coefficient (Wildman–Crippen LogP) is 4.37. The van der Waals surface area contributed by atoms with E-state index in [0.29, 0.717) is 41.5 Å². The smallest absolute Gasteiger partial charge is 0.251 e. The molecule has 30 heavy (non-hydrogen) atoms. The first-order valence-electron chi connectivity index (χ1n) is 9.59. The lowest BCUT2D eigenvalue weighted by atomic mass is 10.1. The highest BCUT2D eigenvalue weighted by atomic mass is 16.5. The van der Waals surface area contributed by atoms with E-state index in [2.05, 4.69) is 10.3 Å². The topological polar surface area (TPSA) is 73.6 Å². The van der Waals surface area contributed by atoms with Crippen LogP contribution in [-0.4, -0.2) is 25.1 Å². The summed E-state index contributed by atoms with van der Waals surface area (Å²) in [7, 11) is 3.19. The lowest BCUT2D eigenvalue weighted by Crippen LogP contribution is -2.23. The number of oxazole rings is 1. The second kappa shape index (κ2) is 8.69. The van der Waals surface area contributed by atoms with Crippen LogP contribution >= 0.6 is 0 Å².